The second kappa shape index (κ2) is 6.67. The molecule has 5 N–H and O–H groups in total. The number of phenolic OH excluding ortho intramolecular Hbond substituents is 1. The molecule has 0 aromatic heterocycles. The van der Waals surface area contributed by atoms with Crippen LogP contribution in [0, 0.1) is 0 Å². The summed E-state index contributed by atoms with van der Waals surface area (Å²) in [5.74, 6) is -0.506. The first-order valence-corrected chi connectivity index (χ1v) is 11.4. The van der Waals surface area contributed by atoms with E-state index in [1.165, 1.54) is 18.2 Å². The van der Waals surface area contributed by atoms with Crippen LogP contribution in [0.5, 0.6) is 5.75 Å². The van der Waals surface area contributed by atoms with E-state index in [0.717, 1.165) is 12.1 Å². The van der Waals surface area contributed by atoms with Crippen molar-refractivity contribution in [3.05, 3.63) is 60.7 Å². The van der Waals surface area contributed by atoms with E-state index < -0.39 is 30.9 Å². The molecule has 0 aliphatic rings. The largest absolute Gasteiger partial charge is 0.507 e. The Hall–Kier alpha value is -3.18. The molecular formula is C20H15NO7S2. The Morgan fingerprint density at radius 3 is 2.03 bits per heavy atom. The number of benzene rings is 4. The zero-order valence-corrected chi connectivity index (χ0v) is 16.8. The summed E-state index contributed by atoms with van der Waals surface area (Å²) < 4.78 is 66.4. The molecule has 0 heterocycles. The Bertz CT molecular complexity index is 1560. The summed E-state index contributed by atoms with van der Waals surface area (Å²) in [5, 5.41) is 11.5. The van der Waals surface area contributed by atoms with Gasteiger partial charge in [-0.1, -0.05) is 48.5 Å². The van der Waals surface area contributed by atoms with E-state index in [9.17, 15) is 31.0 Å². The highest BCUT2D eigenvalue weighted by Crippen LogP contribution is 2.42. The molecule has 154 valence electrons. The first-order valence-electron chi connectivity index (χ1n) is 8.51. The number of fused-ring (bicyclic) bond motifs is 2. The van der Waals surface area contributed by atoms with Gasteiger partial charge in [0, 0.05) is 28.0 Å². The second-order valence-corrected chi connectivity index (χ2v) is 9.46. The van der Waals surface area contributed by atoms with Crippen molar-refractivity contribution in [3.8, 4) is 16.9 Å². The molecule has 30 heavy (non-hydrogen) atoms. The molecule has 0 bridgehead atoms. The maximum atomic E-state index is 12.2. The van der Waals surface area contributed by atoms with Gasteiger partial charge >= 0.3 is 0 Å². The highest BCUT2D eigenvalue weighted by Gasteiger charge is 2.23. The van der Waals surface area contributed by atoms with Crippen molar-refractivity contribution in [2.24, 2.45) is 0 Å². The summed E-state index contributed by atoms with van der Waals surface area (Å²) in [5.41, 5.74) is 6.54. The van der Waals surface area contributed by atoms with Gasteiger partial charge in [-0.2, -0.15) is 16.8 Å². The van der Waals surface area contributed by atoms with Crippen LogP contribution in [0.1, 0.15) is 0 Å². The summed E-state index contributed by atoms with van der Waals surface area (Å²) in [6.45, 7) is 0. The molecule has 0 fully saturated rings. The van der Waals surface area contributed by atoms with Gasteiger partial charge in [-0.3, -0.25) is 9.11 Å². The van der Waals surface area contributed by atoms with E-state index in [2.05, 4.69) is 0 Å². The lowest BCUT2D eigenvalue weighted by molar-refractivity contribution is 0.471. The summed E-state index contributed by atoms with van der Waals surface area (Å²) in [6, 6.07) is 14.6. The lowest BCUT2D eigenvalue weighted by Crippen LogP contribution is -2.04. The fourth-order valence-electron chi connectivity index (χ4n) is 3.56. The highest BCUT2D eigenvalue weighted by molar-refractivity contribution is 7.86. The van der Waals surface area contributed by atoms with E-state index in [1.807, 2.05) is 0 Å². The van der Waals surface area contributed by atoms with Crippen LogP contribution in [0.2, 0.25) is 0 Å². The van der Waals surface area contributed by atoms with E-state index in [1.54, 1.807) is 30.3 Å². The molecule has 0 saturated carbocycles. The summed E-state index contributed by atoms with van der Waals surface area (Å²) >= 11 is 0. The second-order valence-electron chi connectivity index (χ2n) is 6.68. The molecule has 10 heteroatoms. The number of rotatable bonds is 3. The third-order valence-corrected chi connectivity index (χ3v) is 6.62. The smallest absolute Gasteiger partial charge is 0.295 e. The monoisotopic (exact) mass is 445 g/mol. The quantitative estimate of drug-likeness (QED) is 0.276. The maximum Gasteiger partial charge on any atom is 0.295 e. The Balaban J connectivity index is 2.10. The molecule has 0 atom stereocenters. The van der Waals surface area contributed by atoms with Crippen LogP contribution in [-0.4, -0.2) is 31.0 Å². The molecule has 0 amide bonds. The van der Waals surface area contributed by atoms with Crippen LogP contribution in [0.4, 0.5) is 5.69 Å². The molecule has 0 aliphatic heterocycles. The van der Waals surface area contributed by atoms with Gasteiger partial charge in [0.25, 0.3) is 20.2 Å². The molecule has 8 nitrogen and oxygen atoms in total. The van der Waals surface area contributed by atoms with Crippen LogP contribution in [-0.2, 0) is 20.2 Å². The van der Waals surface area contributed by atoms with Gasteiger partial charge < -0.3 is 10.8 Å². The lowest BCUT2D eigenvalue weighted by Gasteiger charge is -2.15. The molecule has 0 aliphatic carbocycles. The molecule has 4 aromatic rings. The molecule has 4 aromatic carbocycles. The van der Waals surface area contributed by atoms with Crippen LogP contribution in [0.15, 0.2) is 70.5 Å². The number of nitrogen functional groups attached to an aromatic ring is 1. The van der Waals surface area contributed by atoms with Crippen LogP contribution >= 0.6 is 0 Å². The van der Waals surface area contributed by atoms with Gasteiger partial charge in [0.15, 0.2) is 0 Å². The van der Waals surface area contributed by atoms with E-state index in [4.69, 9.17) is 5.73 Å². The predicted octanol–water partition coefficient (Wildman–Crippen LogP) is 3.44. The van der Waals surface area contributed by atoms with Crippen LogP contribution in [0.3, 0.4) is 0 Å². The molecule has 0 radical (unpaired) electrons. The molecule has 0 unspecified atom stereocenters. The first kappa shape index (κ1) is 20.1. The van der Waals surface area contributed by atoms with Crippen molar-refractivity contribution < 1.29 is 31.0 Å². The SMILES string of the molecule is Nc1c(-c2ccc3ccccc3c2S(=O)(=O)O)ccc2cc(S(=O)(=O)O)cc(O)c12. The van der Waals surface area contributed by atoms with E-state index in [-0.39, 0.29) is 32.5 Å². The molecule has 4 rings (SSSR count). The number of hydrogen-bond acceptors (Lipinski definition) is 6. The lowest BCUT2D eigenvalue weighted by atomic mass is 9.96. The zero-order chi connectivity index (χ0) is 21.8. The topological polar surface area (TPSA) is 155 Å². The Kier molecular flexibility index (Phi) is 4.47. The third-order valence-electron chi connectivity index (χ3n) is 4.84. The van der Waals surface area contributed by atoms with Crippen molar-refractivity contribution in [2.75, 3.05) is 5.73 Å². The van der Waals surface area contributed by atoms with Gasteiger partial charge in [-0.15, -0.1) is 0 Å². The van der Waals surface area contributed by atoms with Crippen molar-refractivity contribution in [2.45, 2.75) is 9.79 Å². The minimum Gasteiger partial charge on any atom is -0.507 e. The minimum atomic E-state index is -4.64. The zero-order valence-electron chi connectivity index (χ0n) is 15.1. The highest BCUT2D eigenvalue weighted by atomic mass is 32.2. The van der Waals surface area contributed by atoms with Gasteiger partial charge in [-0.25, -0.2) is 0 Å². The standard InChI is InChI=1S/C20H15NO7S2/c21-19-15(7-6-12-9-13(29(23,24)25)10-17(22)18(12)19)16-8-5-11-3-1-2-4-14(11)20(16)30(26,27)28/h1-10,22H,21H2,(H,23,24,25)(H,26,27,28). The van der Waals surface area contributed by atoms with Gasteiger partial charge in [0.05, 0.1) is 10.6 Å². The number of anilines is 1. The third kappa shape index (κ3) is 3.25. The van der Waals surface area contributed by atoms with Crippen molar-refractivity contribution in [1.29, 1.82) is 0 Å². The van der Waals surface area contributed by atoms with Crippen LogP contribution < -0.4 is 5.73 Å². The maximum absolute atomic E-state index is 12.2. The Morgan fingerprint density at radius 1 is 0.733 bits per heavy atom. The Labute approximate surface area is 171 Å². The minimum absolute atomic E-state index is 0.0212. The van der Waals surface area contributed by atoms with Crippen molar-refractivity contribution in [3.63, 3.8) is 0 Å². The van der Waals surface area contributed by atoms with E-state index in [0.29, 0.717) is 10.8 Å². The fourth-order valence-corrected chi connectivity index (χ4v) is 5.02. The van der Waals surface area contributed by atoms with Gasteiger partial charge in [-0.05, 0) is 16.8 Å². The van der Waals surface area contributed by atoms with Crippen molar-refractivity contribution >= 4 is 47.5 Å². The van der Waals surface area contributed by atoms with Gasteiger partial charge in [0.2, 0.25) is 0 Å². The summed E-state index contributed by atoms with van der Waals surface area (Å²) in [7, 11) is -9.20. The average Bonchev–Trinajstić information content (AvgIpc) is 2.65. The average molecular weight is 445 g/mol. The molecule has 0 saturated heterocycles. The normalized spacial score (nSPS) is 12.5. The number of aromatic hydroxyl groups is 1. The van der Waals surface area contributed by atoms with Crippen LogP contribution in [0.25, 0.3) is 32.7 Å². The predicted molar refractivity (Wildman–Crippen MR) is 113 cm³/mol. The summed E-state index contributed by atoms with van der Waals surface area (Å²) in [6.07, 6.45) is 0. The van der Waals surface area contributed by atoms with E-state index >= 15 is 0 Å². The molecule has 0 spiro atoms. The molecular weight excluding hydrogens is 430 g/mol. The van der Waals surface area contributed by atoms with Gasteiger partial charge in [0.1, 0.15) is 10.6 Å². The number of phenols is 1. The Morgan fingerprint density at radius 2 is 1.37 bits per heavy atom. The number of hydrogen-bond donors (Lipinski definition) is 4. The van der Waals surface area contributed by atoms with Crippen molar-refractivity contribution in [1.82, 2.24) is 0 Å². The summed E-state index contributed by atoms with van der Waals surface area (Å²) in [4.78, 5) is -0.843. The first-order chi connectivity index (χ1) is 14.0. The fraction of sp³-hybridized carbons (Fsp3) is 0. The number of nitrogens with two attached hydrogens (primary N) is 1.